The minimum absolute atomic E-state index is 0.0113. The molecule has 1 fully saturated rings. The van der Waals surface area contributed by atoms with Crippen LogP contribution in [0.5, 0.6) is 0 Å². The van der Waals surface area contributed by atoms with Gasteiger partial charge in [-0.1, -0.05) is 93.2 Å². The predicted molar refractivity (Wildman–Crippen MR) is 167 cm³/mol. The zero-order chi connectivity index (χ0) is 28.8. The number of hydrogen-bond donors (Lipinski definition) is 0. The maximum Gasteiger partial charge on any atom is 0.254 e. The van der Waals surface area contributed by atoms with Gasteiger partial charge in [0.2, 0.25) is 5.91 Å². The highest BCUT2D eigenvalue weighted by Crippen LogP contribution is 2.26. The number of carbonyl (C=O) groups is 2. The van der Waals surface area contributed by atoms with Gasteiger partial charge in [0, 0.05) is 41.6 Å². The summed E-state index contributed by atoms with van der Waals surface area (Å²) in [4.78, 5) is 31.7. The van der Waals surface area contributed by atoms with Gasteiger partial charge >= 0.3 is 0 Å². The number of nitrogens with zero attached hydrogens (tertiary/aromatic N) is 3. The van der Waals surface area contributed by atoms with Crippen molar-refractivity contribution in [1.29, 1.82) is 0 Å². The van der Waals surface area contributed by atoms with Crippen LogP contribution in [0, 0.1) is 5.92 Å². The van der Waals surface area contributed by atoms with Crippen LogP contribution in [0.3, 0.4) is 0 Å². The van der Waals surface area contributed by atoms with Gasteiger partial charge in [0.05, 0.1) is 6.54 Å². The summed E-state index contributed by atoms with van der Waals surface area (Å²) in [6.45, 7) is 5.94. The molecule has 0 unspecified atom stereocenters. The summed E-state index contributed by atoms with van der Waals surface area (Å²) in [5.41, 5.74) is 2.74. The highest BCUT2D eigenvalue weighted by atomic mass is 35.5. The summed E-state index contributed by atoms with van der Waals surface area (Å²) in [7, 11) is 0. The summed E-state index contributed by atoms with van der Waals surface area (Å²) in [5.74, 6) is 0.156. The number of halogens is 1. The predicted octanol–water partition coefficient (Wildman–Crippen LogP) is 7.80. The molecule has 0 radical (unpaired) electrons. The Morgan fingerprint density at radius 1 is 0.902 bits per heavy atom. The number of rotatable bonds is 10. The molecule has 2 amide bonds. The van der Waals surface area contributed by atoms with Gasteiger partial charge in [-0.25, -0.2) is 0 Å². The van der Waals surface area contributed by atoms with Crippen molar-refractivity contribution in [3.63, 3.8) is 0 Å². The van der Waals surface area contributed by atoms with Crippen LogP contribution in [0.25, 0.3) is 10.8 Å². The molecule has 6 heteroatoms. The van der Waals surface area contributed by atoms with Crippen LogP contribution >= 0.6 is 11.6 Å². The highest BCUT2D eigenvalue weighted by molar-refractivity contribution is 6.31. The number of amides is 2. The van der Waals surface area contributed by atoms with Gasteiger partial charge in [0.15, 0.2) is 0 Å². The molecule has 5 nitrogen and oxygen atoms in total. The Morgan fingerprint density at radius 2 is 1.63 bits per heavy atom. The lowest BCUT2D eigenvalue weighted by molar-refractivity contribution is -0.135. The van der Waals surface area contributed by atoms with Crippen LogP contribution < -0.4 is 0 Å². The van der Waals surface area contributed by atoms with Gasteiger partial charge in [-0.3, -0.25) is 9.59 Å². The van der Waals surface area contributed by atoms with E-state index in [1.165, 1.54) is 6.42 Å². The van der Waals surface area contributed by atoms with Crippen LogP contribution in [0.1, 0.15) is 67.6 Å². The van der Waals surface area contributed by atoms with Crippen LogP contribution in [0.2, 0.25) is 5.02 Å². The first-order valence-electron chi connectivity index (χ1n) is 14.8. The molecule has 1 aliphatic rings. The maximum atomic E-state index is 14.1. The minimum Gasteiger partial charge on any atom is -0.345 e. The molecule has 214 valence electrons. The molecule has 0 saturated heterocycles. The zero-order valence-electron chi connectivity index (χ0n) is 24.1. The third-order valence-electron chi connectivity index (χ3n) is 8.09. The average molecular weight is 570 g/mol. The quantitative estimate of drug-likeness (QED) is 0.195. The Balaban J connectivity index is 1.38. The second-order valence-electron chi connectivity index (χ2n) is 11.7. The fraction of sp³-hybridized carbons (Fsp3) is 0.371. The van der Waals surface area contributed by atoms with E-state index in [4.69, 9.17) is 11.6 Å². The van der Waals surface area contributed by atoms with Crippen LogP contribution in [0.15, 0.2) is 85.1 Å². The lowest BCUT2D eigenvalue weighted by Crippen LogP contribution is -2.48. The monoisotopic (exact) mass is 569 g/mol. The van der Waals surface area contributed by atoms with Crippen molar-refractivity contribution in [2.45, 2.75) is 65.1 Å². The fourth-order valence-corrected chi connectivity index (χ4v) is 6.16. The number of aromatic nitrogens is 1. The van der Waals surface area contributed by atoms with E-state index in [9.17, 15) is 9.59 Å². The van der Waals surface area contributed by atoms with Crippen molar-refractivity contribution in [2.75, 3.05) is 13.1 Å². The second-order valence-corrected chi connectivity index (χ2v) is 12.1. The van der Waals surface area contributed by atoms with Crippen LogP contribution in [-0.4, -0.2) is 45.3 Å². The smallest absolute Gasteiger partial charge is 0.254 e. The zero-order valence-corrected chi connectivity index (χ0v) is 24.9. The summed E-state index contributed by atoms with van der Waals surface area (Å²) >= 11 is 6.47. The van der Waals surface area contributed by atoms with Crippen LogP contribution in [0.4, 0.5) is 0 Å². The van der Waals surface area contributed by atoms with E-state index in [-0.39, 0.29) is 30.3 Å². The molecule has 0 aliphatic heterocycles. The second kappa shape index (κ2) is 13.4. The highest BCUT2D eigenvalue weighted by Gasteiger charge is 2.29. The van der Waals surface area contributed by atoms with Crippen LogP contribution in [-0.2, 0) is 17.9 Å². The van der Waals surface area contributed by atoms with Crippen molar-refractivity contribution in [1.82, 2.24) is 14.4 Å². The minimum atomic E-state index is -0.0940. The summed E-state index contributed by atoms with van der Waals surface area (Å²) in [6.07, 6.45) is 7.51. The Bertz CT molecular complexity index is 1490. The molecule has 41 heavy (non-hydrogen) atoms. The molecular weight excluding hydrogens is 530 g/mol. The number of carbonyl (C=O) groups excluding carboxylic acids is 2. The molecule has 3 aromatic carbocycles. The summed E-state index contributed by atoms with van der Waals surface area (Å²) in [5, 5.41) is 2.86. The summed E-state index contributed by atoms with van der Waals surface area (Å²) in [6, 6.07) is 26.0. The van der Waals surface area contributed by atoms with Gasteiger partial charge in [-0.15, -0.1) is 0 Å². The van der Waals surface area contributed by atoms with Crippen molar-refractivity contribution < 1.29 is 9.59 Å². The van der Waals surface area contributed by atoms with E-state index in [0.717, 1.165) is 52.7 Å². The molecule has 0 N–H and O–H groups in total. The third kappa shape index (κ3) is 7.20. The molecule has 1 aliphatic carbocycles. The number of benzene rings is 3. The van der Waals surface area contributed by atoms with E-state index in [1.807, 2.05) is 77.7 Å². The van der Waals surface area contributed by atoms with Gasteiger partial charge in [-0.2, -0.15) is 0 Å². The average Bonchev–Trinajstić information content (AvgIpc) is 3.42. The maximum absolute atomic E-state index is 14.1. The Kier molecular flexibility index (Phi) is 9.45. The first kappa shape index (κ1) is 28.9. The summed E-state index contributed by atoms with van der Waals surface area (Å²) < 4.78 is 2.18. The van der Waals surface area contributed by atoms with Crippen molar-refractivity contribution in [3.8, 4) is 0 Å². The molecule has 1 heterocycles. The largest absolute Gasteiger partial charge is 0.345 e. The molecule has 0 atom stereocenters. The standard InChI is InChI=1S/C35H40ClN3O2/c1-26(2)22-38(35(41)29-19-18-27-11-6-7-12-28(27)21-29)25-34(40)39(31-14-4-3-5-15-31)24-32-16-10-20-37(32)23-30-13-8-9-17-33(30)36/h6-13,16-21,26,31H,3-5,14-15,22-25H2,1-2H3. The molecule has 1 aromatic heterocycles. The number of hydrogen-bond acceptors (Lipinski definition) is 2. The van der Waals surface area contributed by atoms with Gasteiger partial charge in [0.25, 0.3) is 5.91 Å². The first-order chi connectivity index (χ1) is 19.9. The molecule has 4 aromatic rings. The molecule has 0 spiro atoms. The van der Waals surface area contributed by atoms with Gasteiger partial charge < -0.3 is 14.4 Å². The lowest BCUT2D eigenvalue weighted by Gasteiger charge is -2.36. The van der Waals surface area contributed by atoms with Crippen molar-refractivity contribution >= 4 is 34.2 Å². The Labute approximate surface area is 248 Å². The van der Waals surface area contributed by atoms with Gasteiger partial charge in [0.1, 0.15) is 6.54 Å². The number of fused-ring (bicyclic) bond motifs is 1. The van der Waals surface area contributed by atoms with E-state index in [2.05, 4.69) is 30.7 Å². The van der Waals surface area contributed by atoms with E-state index in [1.54, 1.807) is 4.90 Å². The Hall–Kier alpha value is -3.57. The topological polar surface area (TPSA) is 45.6 Å². The normalized spacial score (nSPS) is 14.0. The van der Waals surface area contributed by atoms with E-state index >= 15 is 0 Å². The SMILES string of the molecule is CC(C)CN(CC(=O)N(Cc1cccn1Cc1ccccc1Cl)C1CCCCC1)C(=O)c1ccc2ccccc2c1. The molecule has 0 bridgehead atoms. The molecule has 5 rings (SSSR count). The van der Waals surface area contributed by atoms with Gasteiger partial charge in [-0.05, 0) is 65.4 Å². The van der Waals surface area contributed by atoms with E-state index in [0.29, 0.717) is 25.2 Å². The van der Waals surface area contributed by atoms with Crippen molar-refractivity contribution in [3.05, 3.63) is 107 Å². The first-order valence-corrected chi connectivity index (χ1v) is 15.2. The fourth-order valence-electron chi connectivity index (χ4n) is 5.96. The molecular formula is C35H40ClN3O2. The lowest BCUT2D eigenvalue weighted by atomic mass is 9.94. The molecule has 1 saturated carbocycles. The Morgan fingerprint density at radius 3 is 2.39 bits per heavy atom. The van der Waals surface area contributed by atoms with E-state index < -0.39 is 0 Å². The third-order valence-corrected chi connectivity index (χ3v) is 8.45. The van der Waals surface area contributed by atoms with Crippen molar-refractivity contribution in [2.24, 2.45) is 5.92 Å².